The first-order valence-corrected chi connectivity index (χ1v) is 15.5. The molecule has 3 aliphatic rings. The van der Waals surface area contributed by atoms with Gasteiger partial charge >= 0.3 is 6.01 Å². The van der Waals surface area contributed by atoms with Crippen molar-refractivity contribution in [3.8, 4) is 17.3 Å². The summed E-state index contributed by atoms with van der Waals surface area (Å²) >= 11 is 0. The molecule has 2 saturated carbocycles. The highest BCUT2D eigenvalue weighted by atomic mass is 32.2. The third-order valence-electron chi connectivity index (χ3n) is 8.58. The smallest absolute Gasteiger partial charge is 0.316 e. The molecule has 0 atom stereocenters. The molecule has 2 aliphatic carbocycles. The number of benzene rings is 1. The summed E-state index contributed by atoms with van der Waals surface area (Å²) in [6.07, 6.45) is 11.3. The fourth-order valence-electron chi connectivity index (χ4n) is 6.17. The standard InChI is InChI=1S/C30H34N4O4S/c1-3-39(36,37)22-11-6-20(7-12-22)8-13-27(35)34-19-30(14-4-5-15-30)24-16-25(31-18-26(24)34)23-17-32-29(38-2)33-28(23)21-9-10-21/h6-7,11-12,16-18,21H,3-5,8-10,13-15,19H2,1-2H3. The maximum absolute atomic E-state index is 13.5. The Balaban J connectivity index is 1.26. The van der Waals surface area contributed by atoms with Gasteiger partial charge in [-0.25, -0.2) is 13.4 Å². The van der Waals surface area contributed by atoms with Crippen molar-refractivity contribution in [2.75, 3.05) is 24.3 Å². The minimum atomic E-state index is -3.23. The van der Waals surface area contributed by atoms with E-state index in [0.717, 1.165) is 66.7 Å². The normalized spacial score (nSPS) is 17.9. The first-order chi connectivity index (χ1) is 18.8. The largest absolute Gasteiger partial charge is 0.467 e. The molecule has 0 N–H and O–H groups in total. The second kappa shape index (κ2) is 10.0. The van der Waals surface area contributed by atoms with Gasteiger partial charge in [0, 0.05) is 36.1 Å². The Hall–Kier alpha value is -3.33. The zero-order chi connectivity index (χ0) is 27.2. The van der Waals surface area contributed by atoms with Crippen LogP contribution in [-0.4, -0.2) is 48.7 Å². The van der Waals surface area contributed by atoms with Crippen molar-refractivity contribution < 1.29 is 17.9 Å². The number of hydrogen-bond acceptors (Lipinski definition) is 7. The first-order valence-electron chi connectivity index (χ1n) is 13.9. The number of fused-ring (bicyclic) bond motifs is 2. The number of carbonyl (C=O) groups excluding carboxylic acids is 1. The van der Waals surface area contributed by atoms with Gasteiger partial charge < -0.3 is 9.64 Å². The van der Waals surface area contributed by atoms with Gasteiger partial charge in [-0.15, -0.1) is 0 Å². The van der Waals surface area contributed by atoms with Gasteiger partial charge in [-0.1, -0.05) is 31.9 Å². The van der Waals surface area contributed by atoms with Gasteiger partial charge in [0.15, 0.2) is 9.84 Å². The number of anilines is 1. The van der Waals surface area contributed by atoms with Crippen LogP contribution in [0.5, 0.6) is 6.01 Å². The van der Waals surface area contributed by atoms with E-state index >= 15 is 0 Å². The van der Waals surface area contributed by atoms with Crippen LogP contribution in [0.25, 0.3) is 11.3 Å². The Morgan fingerprint density at radius 1 is 1.10 bits per heavy atom. The van der Waals surface area contributed by atoms with E-state index in [1.807, 2.05) is 29.4 Å². The number of aryl methyl sites for hydroxylation is 1. The number of nitrogens with zero attached hydrogens (tertiary/aromatic N) is 4. The topological polar surface area (TPSA) is 102 Å². The van der Waals surface area contributed by atoms with Crippen LogP contribution in [0.4, 0.5) is 5.69 Å². The first kappa shape index (κ1) is 25.9. The molecule has 9 heteroatoms. The average molecular weight is 547 g/mol. The molecule has 6 rings (SSSR count). The van der Waals surface area contributed by atoms with E-state index in [0.29, 0.717) is 36.2 Å². The van der Waals surface area contributed by atoms with Crippen LogP contribution >= 0.6 is 0 Å². The number of ether oxygens (including phenoxy) is 1. The molecular formula is C30H34N4O4S. The molecule has 1 spiro atoms. The Morgan fingerprint density at radius 3 is 2.51 bits per heavy atom. The van der Waals surface area contributed by atoms with Crippen molar-refractivity contribution >= 4 is 21.4 Å². The van der Waals surface area contributed by atoms with Crippen LogP contribution in [0.3, 0.4) is 0 Å². The number of rotatable bonds is 8. The molecule has 0 unspecified atom stereocenters. The third kappa shape index (κ3) is 4.81. The lowest BCUT2D eigenvalue weighted by atomic mass is 9.80. The SMILES string of the molecule is CCS(=O)(=O)c1ccc(CCC(=O)N2CC3(CCCC3)c3cc(-c4cnc(OC)nc4C4CC4)ncc32)cc1. The zero-order valence-corrected chi connectivity index (χ0v) is 23.3. The van der Waals surface area contributed by atoms with Crippen molar-refractivity contribution in [2.24, 2.45) is 0 Å². The number of methoxy groups -OCH3 is 1. The number of aromatic nitrogens is 3. The molecule has 0 saturated heterocycles. The van der Waals surface area contributed by atoms with Crippen LogP contribution in [0, 0.1) is 0 Å². The molecule has 0 radical (unpaired) electrons. The van der Waals surface area contributed by atoms with Crippen LogP contribution in [0.15, 0.2) is 47.6 Å². The lowest BCUT2D eigenvalue weighted by Crippen LogP contribution is -2.35. The highest BCUT2D eigenvalue weighted by Crippen LogP contribution is 2.52. The molecule has 1 aromatic carbocycles. The van der Waals surface area contributed by atoms with Crippen molar-refractivity contribution in [1.29, 1.82) is 0 Å². The number of carbonyl (C=O) groups is 1. The maximum Gasteiger partial charge on any atom is 0.316 e. The maximum atomic E-state index is 13.5. The Kier molecular flexibility index (Phi) is 6.65. The average Bonchev–Trinajstić information content (AvgIpc) is 3.63. The second-order valence-electron chi connectivity index (χ2n) is 11.0. The van der Waals surface area contributed by atoms with E-state index in [2.05, 4.69) is 16.0 Å². The number of hydrogen-bond donors (Lipinski definition) is 0. The number of sulfone groups is 1. The summed E-state index contributed by atoms with van der Waals surface area (Å²) in [5.41, 5.74) is 5.86. The van der Waals surface area contributed by atoms with Crippen LogP contribution in [0.2, 0.25) is 0 Å². The summed E-state index contributed by atoms with van der Waals surface area (Å²) in [6.45, 7) is 2.33. The van der Waals surface area contributed by atoms with Gasteiger partial charge in [-0.2, -0.15) is 4.98 Å². The molecular weight excluding hydrogens is 512 g/mol. The Bertz CT molecular complexity index is 1510. The summed E-state index contributed by atoms with van der Waals surface area (Å²) in [5, 5.41) is 0. The van der Waals surface area contributed by atoms with Gasteiger partial charge in [-0.3, -0.25) is 9.78 Å². The molecule has 3 aromatic rings. The van der Waals surface area contributed by atoms with E-state index in [1.54, 1.807) is 26.2 Å². The summed E-state index contributed by atoms with van der Waals surface area (Å²) in [6, 6.07) is 9.47. The van der Waals surface area contributed by atoms with Gasteiger partial charge in [0.1, 0.15) is 0 Å². The Morgan fingerprint density at radius 2 is 1.85 bits per heavy atom. The van der Waals surface area contributed by atoms with E-state index in [1.165, 1.54) is 5.56 Å². The number of amides is 1. The molecule has 2 fully saturated rings. The predicted octanol–water partition coefficient (Wildman–Crippen LogP) is 5.01. The van der Waals surface area contributed by atoms with Crippen LogP contribution in [0.1, 0.15) is 74.6 Å². The van der Waals surface area contributed by atoms with Gasteiger partial charge in [0.2, 0.25) is 5.91 Å². The van der Waals surface area contributed by atoms with Crippen molar-refractivity contribution in [2.45, 2.75) is 74.5 Å². The molecule has 1 aliphatic heterocycles. The fourth-order valence-corrected chi connectivity index (χ4v) is 7.05. The summed E-state index contributed by atoms with van der Waals surface area (Å²) in [7, 11) is -1.65. The highest BCUT2D eigenvalue weighted by molar-refractivity contribution is 7.91. The molecule has 2 aromatic heterocycles. The van der Waals surface area contributed by atoms with E-state index in [-0.39, 0.29) is 17.1 Å². The van der Waals surface area contributed by atoms with Gasteiger partial charge in [-0.05, 0) is 61.4 Å². The lowest BCUT2D eigenvalue weighted by Gasteiger charge is -2.25. The quantitative estimate of drug-likeness (QED) is 0.391. The fraction of sp³-hybridized carbons (Fsp3) is 0.467. The molecule has 39 heavy (non-hydrogen) atoms. The summed E-state index contributed by atoms with van der Waals surface area (Å²) < 4.78 is 29.5. The van der Waals surface area contributed by atoms with E-state index in [4.69, 9.17) is 9.72 Å². The van der Waals surface area contributed by atoms with Crippen molar-refractivity contribution in [1.82, 2.24) is 15.0 Å². The van der Waals surface area contributed by atoms with Crippen molar-refractivity contribution in [3.05, 3.63) is 59.5 Å². The van der Waals surface area contributed by atoms with Gasteiger partial charge in [0.05, 0.1) is 41.0 Å². The van der Waals surface area contributed by atoms with E-state index < -0.39 is 9.84 Å². The molecule has 204 valence electrons. The molecule has 8 nitrogen and oxygen atoms in total. The lowest BCUT2D eigenvalue weighted by molar-refractivity contribution is -0.118. The summed E-state index contributed by atoms with van der Waals surface area (Å²) in [4.78, 5) is 29.7. The second-order valence-corrected chi connectivity index (χ2v) is 13.3. The Labute approximate surface area is 229 Å². The summed E-state index contributed by atoms with van der Waals surface area (Å²) in [5.74, 6) is 0.567. The molecule has 0 bridgehead atoms. The minimum Gasteiger partial charge on any atom is -0.467 e. The van der Waals surface area contributed by atoms with Crippen molar-refractivity contribution in [3.63, 3.8) is 0 Å². The van der Waals surface area contributed by atoms with Crippen LogP contribution in [-0.2, 0) is 26.5 Å². The predicted molar refractivity (Wildman–Crippen MR) is 149 cm³/mol. The van der Waals surface area contributed by atoms with Crippen LogP contribution < -0.4 is 9.64 Å². The zero-order valence-electron chi connectivity index (χ0n) is 22.5. The monoisotopic (exact) mass is 546 g/mol. The highest BCUT2D eigenvalue weighted by Gasteiger charge is 2.46. The minimum absolute atomic E-state index is 0.0358. The molecule has 1 amide bonds. The molecule has 3 heterocycles. The number of pyridine rings is 1. The third-order valence-corrected chi connectivity index (χ3v) is 10.3. The van der Waals surface area contributed by atoms with E-state index in [9.17, 15) is 13.2 Å². The van der Waals surface area contributed by atoms with Gasteiger partial charge in [0.25, 0.3) is 0 Å².